The number of ether oxygens (including phenoxy) is 2. The number of non-ortho nitro benzene ring substituents is 1. The summed E-state index contributed by atoms with van der Waals surface area (Å²) >= 11 is 11.9. The molecule has 17 heteroatoms. The van der Waals surface area contributed by atoms with Crippen LogP contribution in [0, 0.1) is 10.1 Å². The van der Waals surface area contributed by atoms with Crippen LogP contribution in [0.5, 0.6) is 17.2 Å². The van der Waals surface area contributed by atoms with Gasteiger partial charge < -0.3 is 33.6 Å². The van der Waals surface area contributed by atoms with Crippen LogP contribution in [0.15, 0.2) is 86.0 Å². The SMILES string of the molecule is C=Cc1c(OP(O)O)cc2c(c1C=C)[C@H](CCl)CN2C.CCl.CN1CCc2c1cc(OC(=O)Oc1ccc([N+](=O)[O-])cc1)c1ccccc21.O=Cc1ccc(C=O)s1. The van der Waals surface area contributed by atoms with E-state index in [0.717, 1.165) is 65.4 Å². The van der Waals surface area contributed by atoms with Crippen LogP contribution in [0.25, 0.3) is 22.9 Å². The summed E-state index contributed by atoms with van der Waals surface area (Å²) in [6.07, 6.45) is 6.36. The lowest BCUT2D eigenvalue weighted by molar-refractivity contribution is -0.384. The van der Waals surface area contributed by atoms with Crippen LogP contribution in [0.2, 0.25) is 0 Å². The maximum atomic E-state index is 12.2. The van der Waals surface area contributed by atoms with E-state index < -0.39 is 19.7 Å². The van der Waals surface area contributed by atoms with Gasteiger partial charge >= 0.3 is 14.8 Å². The largest absolute Gasteiger partial charge is 0.519 e. The molecular formula is C41H40Cl2N3O10PS. The van der Waals surface area contributed by atoms with E-state index in [-0.39, 0.29) is 17.4 Å². The normalized spacial score (nSPS) is 13.3. The van der Waals surface area contributed by atoms with Gasteiger partial charge in [0.1, 0.15) is 17.2 Å². The highest BCUT2D eigenvalue weighted by molar-refractivity contribution is 7.39. The van der Waals surface area contributed by atoms with E-state index in [1.807, 2.05) is 44.4 Å². The van der Waals surface area contributed by atoms with Crippen LogP contribution in [0.4, 0.5) is 21.9 Å². The highest BCUT2D eigenvalue weighted by atomic mass is 35.5. The van der Waals surface area contributed by atoms with Crippen molar-refractivity contribution in [1.29, 1.82) is 0 Å². The number of hydrogen-bond donors (Lipinski definition) is 2. The van der Waals surface area contributed by atoms with Crippen LogP contribution < -0.4 is 23.8 Å². The van der Waals surface area contributed by atoms with Gasteiger partial charge in [-0.1, -0.05) is 49.6 Å². The number of carbonyl (C=O) groups is 3. The summed E-state index contributed by atoms with van der Waals surface area (Å²) in [6, 6.07) is 19.9. The first kappa shape index (κ1) is 45.4. The number of halogens is 2. The number of nitro benzene ring substituents is 1. The predicted octanol–water partition coefficient (Wildman–Crippen LogP) is 9.88. The number of anilines is 2. The number of rotatable bonds is 10. The Balaban J connectivity index is 0.000000210. The summed E-state index contributed by atoms with van der Waals surface area (Å²) in [5, 5.41) is 12.6. The molecule has 58 heavy (non-hydrogen) atoms. The van der Waals surface area contributed by atoms with Gasteiger partial charge in [0.2, 0.25) is 0 Å². The van der Waals surface area contributed by atoms with Gasteiger partial charge in [-0.25, -0.2) is 4.79 Å². The lowest BCUT2D eigenvalue weighted by Crippen LogP contribution is -2.15. The smallest absolute Gasteiger partial charge is 0.426 e. The molecule has 13 nitrogen and oxygen atoms in total. The molecule has 2 aliphatic rings. The molecule has 3 heterocycles. The number of hydrogen-bond acceptors (Lipinski definition) is 13. The van der Waals surface area contributed by atoms with E-state index in [0.29, 0.717) is 32.7 Å². The van der Waals surface area contributed by atoms with Gasteiger partial charge in [-0.3, -0.25) is 19.7 Å². The predicted molar refractivity (Wildman–Crippen MR) is 233 cm³/mol. The maximum Gasteiger partial charge on any atom is 0.519 e. The number of carbonyl (C=O) groups excluding carboxylic acids is 3. The van der Waals surface area contributed by atoms with Crippen LogP contribution in [-0.4, -0.2) is 72.9 Å². The standard InChI is InChI=1S/C20H16N2O5.C14H17ClNO3P.C6H4O2S.CH3Cl/c1-21-11-10-16-15-4-2-3-5-17(15)19(12-18(16)21)27-20(23)26-14-8-6-13(7-9-14)22(24)25;1-4-10-11(5-2)14-9(7-15)8-16(3)12(14)6-13(10)19-20(17)18;7-3-5-1-2-6(4-8)9-5;1-2/h2-9,12H,10-11H2,1H3;4-6,9,17-18H,1-2,7-8H2,3H3;1-4H;1H3/t;9-;;/m.1../s1. The van der Waals surface area contributed by atoms with Crippen molar-refractivity contribution in [3.8, 4) is 17.2 Å². The Morgan fingerprint density at radius 1 is 0.914 bits per heavy atom. The van der Waals surface area contributed by atoms with Crippen molar-refractivity contribution in [2.45, 2.75) is 12.3 Å². The Labute approximate surface area is 350 Å². The number of thiophene rings is 1. The first-order valence-electron chi connectivity index (χ1n) is 17.3. The van der Waals surface area contributed by atoms with E-state index in [1.165, 1.54) is 47.5 Å². The second kappa shape index (κ2) is 21.4. The molecule has 7 rings (SSSR count). The molecule has 4 aromatic carbocycles. The van der Waals surface area contributed by atoms with Crippen LogP contribution >= 0.6 is 43.1 Å². The Bertz CT molecular complexity index is 2260. The minimum atomic E-state index is -2.48. The number of likely N-dealkylation sites (N-methyl/N-ethyl adjacent to an activating group) is 2. The topological polar surface area (TPSA) is 169 Å². The molecule has 0 unspecified atom stereocenters. The summed E-state index contributed by atoms with van der Waals surface area (Å²) in [5.41, 5.74) is 5.88. The van der Waals surface area contributed by atoms with Gasteiger partial charge in [-0.15, -0.1) is 34.5 Å². The van der Waals surface area contributed by atoms with Crippen molar-refractivity contribution >= 4 is 102 Å². The average molecular weight is 869 g/mol. The van der Waals surface area contributed by atoms with Crippen LogP contribution in [0.3, 0.4) is 0 Å². The molecule has 0 radical (unpaired) electrons. The number of alkyl halides is 2. The highest BCUT2D eigenvalue weighted by Crippen LogP contribution is 2.46. The van der Waals surface area contributed by atoms with Crippen LogP contribution in [-0.2, 0) is 6.42 Å². The van der Waals surface area contributed by atoms with E-state index in [4.69, 9.17) is 35.4 Å². The fraction of sp³-hybridized carbons (Fsp3) is 0.195. The average Bonchev–Trinajstić information content (AvgIpc) is 3.95. The van der Waals surface area contributed by atoms with Crippen molar-refractivity contribution < 1.29 is 43.1 Å². The fourth-order valence-corrected chi connectivity index (χ4v) is 7.71. The third-order valence-electron chi connectivity index (χ3n) is 9.00. The van der Waals surface area contributed by atoms with Crippen molar-refractivity contribution in [2.24, 2.45) is 0 Å². The molecule has 2 aliphatic heterocycles. The molecular weight excluding hydrogens is 828 g/mol. The summed E-state index contributed by atoms with van der Waals surface area (Å²) in [6.45, 7) is 9.34. The summed E-state index contributed by atoms with van der Waals surface area (Å²) in [4.78, 5) is 66.1. The molecule has 5 aromatic rings. The Morgan fingerprint density at radius 3 is 2.05 bits per heavy atom. The van der Waals surface area contributed by atoms with E-state index in [9.17, 15) is 24.5 Å². The first-order valence-corrected chi connectivity index (χ1v) is 20.6. The number of fused-ring (bicyclic) bond motifs is 4. The molecule has 0 saturated carbocycles. The van der Waals surface area contributed by atoms with Crippen molar-refractivity contribution in [1.82, 2.24) is 0 Å². The molecule has 1 aromatic heterocycles. The number of nitrogens with zero attached hydrogens (tertiary/aromatic N) is 3. The lowest BCUT2D eigenvalue weighted by atomic mass is 9.92. The summed E-state index contributed by atoms with van der Waals surface area (Å²) < 4.78 is 15.7. The number of aldehydes is 2. The minimum Gasteiger partial charge on any atom is -0.426 e. The van der Waals surface area contributed by atoms with Crippen LogP contribution in [0.1, 0.15) is 47.5 Å². The van der Waals surface area contributed by atoms with Crippen molar-refractivity contribution in [3.63, 3.8) is 0 Å². The Morgan fingerprint density at radius 2 is 1.52 bits per heavy atom. The zero-order chi connectivity index (χ0) is 42.5. The summed E-state index contributed by atoms with van der Waals surface area (Å²) in [5.74, 6) is 1.72. The van der Waals surface area contributed by atoms with Gasteiger partial charge in [-0.2, -0.15) is 0 Å². The molecule has 0 fully saturated rings. The molecule has 0 saturated heterocycles. The molecule has 0 bridgehead atoms. The van der Waals surface area contributed by atoms with E-state index in [2.05, 4.69) is 34.6 Å². The minimum absolute atomic E-state index is 0.0802. The second-order valence-electron chi connectivity index (χ2n) is 12.4. The van der Waals surface area contributed by atoms with Gasteiger partial charge in [-0.05, 0) is 52.8 Å². The number of nitro groups is 1. The highest BCUT2D eigenvalue weighted by Gasteiger charge is 2.31. The molecule has 304 valence electrons. The molecule has 2 N–H and O–H groups in total. The van der Waals surface area contributed by atoms with Gasteiger partial charge in [0.15, 0.2) is 12.6 Å². The quantitative estimate of drug-likeness (QED) is 0.0260. The second-order valence-corrected chi connectivity index (χ2v) is 14.5. The first-order chi connectivity index (χ1) is 27.9. The van der Waals surface area contributed by atoms with Crippen molar-refractivity contribution in [2.75, 3.05) is 49.2 Å². The van der Waals surface area contributed by atoms with Crippen molar-refractivity contribution in [3.05, 3.63) is 128 Å². The van der Waals surface area contributed by atoms with E-state index >= 15 is 0 Å². The van der Waals surface area contributed by atoms with Gasteiger partial charge in [0.05, 0.1) is 14.7 Å². The molecule has 0 aliphatic carbocycles. The fourth-order valence-electron chi connectivity index (χ4n) is 6.49. The summed E-state index contributed by atoms with van der Waals surface area (Å²) in [7, 11) is 1.49. The molecule has 0 spiro atoms. The maximum absolute atomic E-state index is 12.2. The zero-order valence-corrected chi connectivity index (χ0v) is 34.9. The number of benzene rings is 4. The monoisotopic (exact) mass is 867 g/mol. The third kappa shape index (κ3) is 10.8. The molecule has 1 atom stereocenters. The van der Waals surface area contributed by atoms with Gasteiger partial charge in [0.25, 0.3) is 5.69 Å². The van der Waals surface area contributed by atoms with Gasteiger partial charge in [0, 0.05) is 92.0 Å². The Hall–Kier alpha value is -5.34. The Kier molecular flexibility index (Phi) is 16.8. The molecule has 0 amide bonds. The lowest BCUT2D eigenvalue weighted by Gasteiger charge is -2.18. The third-order valence-corrected chi connectivity index (χ3v) is 10.7. The van der Waals surface area contributed by atoms with E-state index in [1.54, 1.807) is 30.4 Å². The zero-order valence-electron chi connectivity index (χ0n) is 31.7.